The van der Waals surface area contributed by atoms with Gasteiger partial charge in [-0.3, -0.25) is 14.7 Å². The number of benzene rings is 1. The van der Waals surface area contributed by atoms with Crippen LogP contribution in [0.25, 0.3) is 11.1 Å². The Bertz CT molecular complexity index is 1290. The van der Waals surface area contributed by atoms with E-state index in [0.717, 1.165) is 61.7 Å². The summed E-state index contributed by atoms with van der Waals surface area (Å²) < 4.78 is 45.2. The molecule has 1 aliphatic rings. The van der Waals surface area contributed by atoms with Gasteiger partial charge in [-0.1, -0.05) is 6.07 Å². The van der Waals surface area contributed by atoms with Crippen molar-refractivity contribution in [1.82, 2.24) is 20.2 Å². The predicted octanol–water partition coefficient (Wildman–Crippen LogP) is 4.92. The molecule has 0 spiro atoms. The first-order chi connectivity index (χ1) is 18.1. The van der Waals surface area contributed by atoms with E-state index < -0.39 is 17.6 Å². The fraction of sp³-hybridized carbons (Fsp3) is 0.370. The average molecular weight is 602 g/mol. The minimum atomic E-state index is -4.53. The zero-order chi connectivity index (χ0) is 27.3. The van der Waals surface area contributed by atoms with Gasteiger partial charge in [0, 0.05) is 75.4 Å². The fourth-order valence-corrected chi connectivity index (χ4v) is 4.16. The van der Waals surface area contributed by atoms with Gasteiger partial charge in [0.15, 0.2) is 0 Å². The maximum atomic E-state index is 13.1. The van der Waals surface area contributed by atoms with Crippen LogP contribution < -0.4 is 20.3 Å². The zero-order valence-corrected chi connectivity index (χ0v) is 24.1. The highest BCUT2D eigenvalue weighted by Crippen LogP contribution is 2.33. The number of aryl methyl sites for hydroxylation is 1. The number of nitrogens with one attached hydrogen (secondary N) is 2. The molecule has 0 bridgehead atoms. The lowest BCUT2D eigenvalue weighted by Gasteiger charge is -2.27. The van der Waals surface area contributed by atoms with Gasteiger partial charge in [-0.15, -0.1) is 24.8 Å². The summed E-state index contributed by atoms with van der Waals surface area (Å²) in [7, 11) is 3.81. The Balaban J connectivity index is 0.00000280. The van der Waals surface area contributed by atoms with Gasteiger partial charge in [-0.2, -0.15) is 13.2 Å². The number of halogens is 5. The summed E-state index contributed by atoms with van der Waals surface area (Å²) in [6.45, 7) is 7.10. The van der Waals surface area contributed by atoms with Gasteiger partial charge in [0.1, 0.15) is 6.61 Å². The van der Waals surface area contributed by atoms with Crippen LogP contribution in [0.5, 0.6) is 5.88 Å². The minimum Gasteiger partial charge on any atom is -0.475 e. The molecule has 1 saturated heterocycles. The van der Waals surface area contributed by atoms with Crippen LogP contribution in [0, 0.1) is 6.92 Å². The van der Waals surface area contributed by atoms with Crippen molar-refractivity contribution in [2.75, 3.05) is 63.6 Å². The van der Waals surface area contributed by atoms with E-state index in [2.05, 4.69) is 25.5 Å². The van der Waals surface area contributed by atoms with Crippen LogP contribution in [0.1, 0.15) is 21.6 Å². The molecule has 3 heterocycles. The highest BCUT2D eigenvalue weighted by Gasteiger charge is 2.31. The molecule has 0 aliphatic carbocycles. The molecule has 0 radical (unpaired) electrons. The van der Waals surface area contributed by atoms with Crippen molar-refractivity contribution in [1.29, 1.82) is 0 Å². The van der Waals surface area contributed by atoms with Gasteiger partial charge < -0.3 is 20.3 Å². The smallest absolute Gasteiger partial charge is 0.416 e. The Hall–Kier alpha value is -3.12. The van der Waals surface area contributed by atoms with Crippen LogP contribution in [-0.2, 0) is 6.18 Å². The summed E-state index contributed by atoms with van der Waals surface area (Å²) in [4.78, 5) is 25.9. The van der Waals surface area contributed by atoms with E-state index in [1.54, 1.807) is 12.3 Å². The molecule has 1 aliphatic heterocycles. The third-order valence-corrected chi connectivity index (χ3v) is 6.28. The van der Waals surface area contributed by atoms with Crippen molar-refractivity contribution in [3.63, 3.8) is 0 Å². The van der Waals surface area contributed by atoms with Crippen molar-refractivity contribution in [3.05, 3.63) is 65.6 Å². The molecule has 0 saturated carbocycles. The number of aromatic nitrogens is 2. The molecule has 1 fully saturated rings. The first-order valence-electron chi connectivity index (χ1n) is 12.3. The second-order valence-electron chi connectivity index (χ2n) is 9.27. The molecule has 13 heteroatoms. The van der Waals surface area contributed by atoms with E-state index in [0.29, 0.717) is 23.9 Å². The van der Waals surface area contributed by atoms with Crippen molar-refractivity contribution < 1.29 is 22.7 Å². The quantitative estimate of drug-likeness (QED) is 0.380. The average Bonchev–Trinajstić information content (AvgIpc) is 2.90. The van der Waals surface area contributed by atoms with E-state index in [9.17, 15) is 18.0 Å². The number of ether oxygens (including phenoxy) is 1. The van der Waals surface area contributed by atoms with Crippen LogP contribution in [0.4, 0.5) is 24.5 Å². The summed E-state index contributed by atoms with van der Waals surface area (Å²) in [5.74, 6) is -0.137. The van der Waals surface area contributed by atoms with Crippen molar-refractivity contribution in [3.8, 4) is 17.0 Å². The first kappa shape index (κ1) is 33.1. The number of hydrogen-bond donors (Lipinski definition) is 2. The van der Waals surface area contributed by atoms with E-state index in [-0.39, 0.29) is 30.4 Å². The van der Waals surface area contributed by atoms with E-state index >= 15 is 0 Å². The molecule has 0 unspecified atom stereocenters. The zero-order valence-electron chi connectivity index (χ0n) is 22.4. The van der Waals surface area contributed by atoms with Crippen LogP contribution in [0.15, 0.2) is 48.8 Å². The molecule has 40 heavy (non-hydrogen) atoms. The van der Waals surface area contributed by atoms with Crippen molar-refractivity contribution >= 4 is 42.1 Å². The molecule has 0 atom stereocenters. The molecule has 2 aromatic heterocycles. The normalized spacial score (nSPS) is 13.6. The van der Waals surface area contributed by atoms with Gasteiger partial charge in [-0.25, -0.2) is 4.98 Å². The number of carbonyl (C=O) groups is 1. The summed E-state index contributed by atoms with van der Waals surface area (Å²) in [6, 6.07) is 7.96. The third kappa shape index (κ3) is 8.44. The maximum Gasteiger partial charge on any atom is 0.416 e. The van der Waals surface area contributed by atoms with Crippen LogP contribution >= 0.6 is 24.8 Å². The minimum absolute atomic E-state index is 0. The topological polar surface area (TPSA) is 82.6 Å². The Morgan fingerprint density at radius 3 is 2.50 bits per heavy atom. The summed E-state index contributed by atoms with van der Waals surface area (Å²) in [5.41, 5.74) is 2.38. The monoisotopic (exact) mass is 600 g/mol. The molecule has 2 N–H and O–H groups in total. The molecular weight excluding hydrogens is 568 g/mol. The lowest BCUT2D eigenvalue weighted by atomic mass is 10.0. The molecule has 1 amide bonds. The van der Waals surface area contributed by atoms with Gasteiger partial charge >= 0.3 is 6.18 Å². The van der Waals surface area contributed by atoms with Gasteiger partial charge in [0.2, 0.25) is 5.88 Å². The SMILES string of the molecule is Cc1ncc(NC(=O)c2cccc(C(F)(F)F)c2)cc1-c1cnc(OCCN2CCNCC2)c(N(C)C)c1.Cl.Cl. The van der Waals surface area contributed by atoms with Gasteiger partial charge in [0.25, 0.3) is 5.91 Å². The molecule has 4 rings (SSSR count). The van der Waals surface area contributed by atoms with Gasteiger partial charge in [0.05, 0.1) is 23.1 Å². The van der Waals surface area contributed by atoms with Crippen LogP contribution in [0.2, 0.25) is 0 Å². The Morgan fingerprint density at radius 2 is 1.82 bits per heavy atom. The lowest BCUT2D eigenvalue weighted by Crippen LogP contribution is -2.44. The van der Waals surface area contributed by atoms with Crippen molar-refractivity contribution in [2.45, 2.75) is 13.1 Å². The number of carbonyl (C=O) groups excluding carboxylic acids is 1. The van der Waals surface area contributed by atoms with E-state index in [4.69, 9.17) is 4.74 Å². The van der Waals surface area contributed by atoms with E-state index in [1.165, 1.54) is 18.3 Å². The number of piperazine rings is 1. The Labute approximate surface area is 244 Å². The van der Waals surface area contributed by atoms with Crippen LogP contribution in [0.3, 0.4) is 0 Å². The summed E-state index contributed by atoms with van der Waals surface area (Å²) in [6.07, 6.45) is -1.37. The second-order valence-corrected chi connectivity index (χ2v) is 9.27. The van der Waals surface area contributed by atoms with Gasteiger partial charge in [-0.05, 0) is 37.3 Å². The first-order valence-corrected chi connectivity index (χ1v) is 12.3. The number of pyridine rings is 2. The number of rotatable bonds is 8. The second kappa shape index (κ2) is 14.5. The van der Waals surface area contributed by atoms with Crippen molar-refractivity contribution in [2.24, 2.45) is 0 Å². The highest BCUT2D eigenvalue weighted by atomic mass is 35.5. The Morgan fingerprint density at radius 1 is 1.10 bits per heavy atom. The summed E-state index contributed by atoms with van der Waals surface area (Å²) in [5, 5.41) is 5.98. The fourth-order valence-electron chi connectivity index (χ4n) is 4.16. The lowest BCUT2D eigenvalue weighted by molar-refractivity contribution is -0.137. The number of nitrogens with zero attached hydrogens (tertiary/aromatic N) is 4. The standard InChI is InChI=1S/C27H31F3N6O2.2ClH/c1-18-23(15-22(17-32-18)34-25(37)19-5-4-6-21(13-19)27(28,29)30)20-14-24(35(2)3)26(33-16-20)38-12-11-36-9-7-31-8-10-36;;/h4-6,13-17,31H,7-12H2,1-3H3,(H,34,37);2*1H. The predicted molar refractivity (Wildman–Crippen MR) is 155 cm³/mol. The highest BCUT2D eigenvalue weighted by molar-refractivity contribution is 6.04. The number of alkyl halides is 3. The number of hydrogen-bond acceptors (Lipinski definition) is 7. The molecular formula is C27H33Cl2F3N6O2. The number of amides is 1. The summed E-state index contributed by atoms with van der Waals surface area (Å²) >= 11 is 0. The van der Waals surface area contributed by atoms with E-state index in [1.807, 2.05) is 32.0 Å². The third-order valence-electron chi connectivity index (χ3n) is 6.28. The molecule has 8 nitrogen and oxygen atoms in total. The molecule has 218 valence electrons. The largest absolute Gasteiger partial charge is 0.475 e. The molecule has 1 aromatic carbocycles. The molecule has 3 aromatic rings. The van der Waals surface area contributed by atoms with Crippen LogP contribution in [-0.4, -0.2) is 74.2 Å². The Kier molecular flexibility index (Phi) is 12.0. The maximum absolute atomic E-state index is 13.1. The number of anilines is 2.